The van der Waals surface area contributed by atoms with Crippen molar-refractivity contribution in [3.63, 3.8) is 0 Å². The molecule has 0 amide bonds. The Balaban J connectivity index is 2.02. The third-order valence-corrected chi connectivity index (χ3v) is 5.59. The molecule has 112 valence electrons. The molecule has 1 aliphatic carbocycles. The van der Waals surface area contributed by atoms with Crippen LogP contribution in [-0.4, -0.2) is 43.3 Å². The molecular weight excluding hydrogens is 236 g/mol. The van der Waals surface area contributed by atoms with E-state index in [2.05, 4.69) is 18.7 Å². The predicted molar refractivity (Wildman–Crippen MR) is 80.3 cm³/mol. The summed E-state index contributed by atoms with van der Waals surface area (Å²) in [5.74, 6) is 0. The second-order valence-electron chi connectivity index (χ2n) is 7.37. The molecule has 2 N–H and O–H groups in total. The molecule has 3 heteroatoms. The van der Waals surface area contributed by atoms with Crippen LogP contribution in [0.25, 0.3) is 0 Å². The molecule has 1 aliphatic heterocycles. The quantitative estimate of drug-likeness (QED) is 0.800. The highest BCUT2D eigenvalue weighted by atomic mass is 16.5. The molecule has 2 fully saturated rings. The summed E-state index contributed by atoms with van der Waals surface area (Å²) in [5, 5.41) is 0. The zero-order valence-corrected chi connectivity index (χ0v) is 13.1. The minimum Gasteiger partial charge on any atom is -0.381 e. The van der Waals surface area contributed by atoms with E-state index in [-0.39, 0.29) is 5.54 Å². The van der Waals surface area contributed by atoms with Gasteiger partial charge >= 0.3 is 0 Å². The molecule has 2 rings (SSSR count). The van der Waals surface area contributed by atoms with Gasteiger partial charge in [0.25, 0.3) is 0 Å². The molecule has 1 unspecified atom stereocenters. The first-order valence-electron chi connectivity index (χ1n) is 7.99. The number of rotatable bonds is 3. The minimum atomic E-state index is 0.270. The number of nitrogens with two attached hydrogens (primary N) is 1. The van der Waals surface area contributed by atoms with Crippen LogP contribution in [0.15, 0.2) is 0 Å². The van der Waals surface area contributed by atoms with E-state index >= 15 is 0 Å². The number of hydrogen-bond donors (Lipinski definition) is 1. The Bertz CT molecular complexity index is 284. The first kappa shape index (κ1) is 15.3. The number of ether oxygens (including phenoxy) is 1. The lowest BCUT2D eigenvalue weighted by Crippen LogP contribution is -2.56. The molecule has 1 saturated heterocycles. The van der Waals surface area contributed by atoms with Crippen molar-refractivity contribution in [2.24, 2.45) is 11.1 Å². The van der Waals surface area contributed by atoms with Crippen molar-refractivity contribution in [1.82, 2.24) is 4.90 Å². The lowest BCUT2D eigenvalue weighted by atomic mass is 9.82. The van der Waals surface area contributed by atoms with Gasteiger partial charge in [-0.15, -0.1) is 0 Å². The molecule has 0 aromatic heterocycles. The molecule has 1 saturated carbocycles. The van der Waals surface area contributed by atoms with Crippen LogP contribution in [0.1, 0.15) is 58.8 Å². The lowest BCUT2D eigenvalue weighted by molar-refractivity contribution is -0.00862. The van der Waals surface area contributed by atoms with Gasteiger partial charge in [0.15, 0.2) is 0 Å². The first-order chi connectivity index (χ1) is 9.01. The molecule has 19 heavy (non-hydrogen) atoms. The summed E-state index contributed by atoms with van der Waals surface area (Å²) in [6.45, 7) is 7.97. The summed E-state index contributed by atoms with van der Waals surface area (Å²) < 4.78 is 5.49. The van der Waals surface area contributed by atoms with Crippen LogP contribution in [0, 0.1) is 5.41 Å². The molecule has 0 aromatic carbocycles. The normalized spacial score (nSPS) is 34.1. The molecule has 0 spiro atoms. The largest absolute Gasteiger partial charge is 0.381 e. The number of piperidine rings is 1. The third kappa shape index (κ3) is 3.50. The Hall–Kier alpha value is -0.120. The van der Waals surface area contributed by atoms with Gasteiger partial charge in [-0.25, -0.2) is 0 Å². The summed E-state index contributed by atoms with van der Waals surface area (Å²) >= 11 is 0. The van der Waals surface area contributed by atoms with Crippen LogP contribution in [0.2, 0.25) is 0 Å². The standard InChI is InChI=1S/C16H32N2O/c1-15(2)7-4-8-16(13-17,10-9-15)18-11-5-14(19-3)6-12-18/h14H,4-13,17H2,1-3H3. The van der Waals surface area contributed by atoms with Crippen molar-refractivity contribution < 1.29 is 4.74 Å². The molecule has 0 aromatic rings. The molecule has 3 nitrogen and oxygen atoms in total. The first-order valence-corrected chi connectivity index (χ1v) is 7.99. The van der Waals surface area contributed by atoms with Crippen molar-refractivity contribution >= 4 is 0 Å². The zero-order chi connectivity index (χ0) is 13.9. The van der Waals surface area contributed by atoms with E-state index in [9.17, 15) is 0 Å². The molecule has 0 bridgehead atoms. The van der Waals surface area contributed by atoms with E-state index in [1.807, 2.05) is 7.11 Å². The second-order valence-corrected chi connectivity index (χ2v) is 7.37. The van der Waals surface area contributed by atoms with E-state index in [4.69, 9.17) is 10.5 Å². The zero-order valence-electron chi connectivity index (χ0n) is 13.1. The Morgan fingerprint density at radius 1 is 1.11 bits per heavy atom. The lowest BCUT2D eigenvalue weighted by Gasteiger charge is -2.46. The van der Waals surface area contributed by atoms with Gasteiger partial charge in [-0.1, -0.05) is 20.3 Å². The van der Waals surface area contributed by atoms with Gasteiger partial charge in [-0.3, -0.25) is 4.90 Å². The van der Waals surface area contributed by atoms with Gasteiger partial charge in [0, 0.05) is 32.3 Å². The monoisotopic (exact) mass is 268 g/mol. The van der Waals surface area contributed by atoms with Crippen LogP contribution in [0.4, 0.5) is 0 Å². The van der Waals surface area contributed by atoms with Gasteiger partial charge in [0.1, 0.15) is 0 Å². The van der Waals surface area contributed by atoms with E-state index in [0.29, 0.717) is 11.5 Å². The highest BCUT2D eigenvalue weighted by molar-refractivity contribution is 4.97. The van der Waals surface area contributed by atoms with E-state index < -0.39 is 0 Å². The van der Waals surface area contributed by atoms with Crippen molar-refractivity contribution in [1.29, 1.82) is 0 Å². The second kappa shape index (κ2) is 6.11. The van der Waals surface area contributed by atoms with E-state index in [1.165, 1.54) is 44.9 Å². The van der Waals surface area contributed by atoms with Gasteiger partial charge in [-0.2, -0.15) is 0 Å². The maximum Gasteiger partial charge on any atom is 0.0595 e. The van der Waals surface area contributed by atoms with Crippen molar-refractivity contribution in [2.75, 3.05) is 26.7 Å². The fourth-order valence-corrected chi connectivity index (χ4v) is 3.93. The molecule has 2 aliphatic rings. The topological polar surface area (TPSA) is 38.5 Å². The van der Waals surface area contributed by atoms with Crippen LogP contribution >= 0.6 is 0 Å². The van der Waals surface area contributed by atoms with Gasteiger partial charge in [0.2, 0.25) is 0 Å². The Morgan fingerprint density at radius 3 is 2.37 bits per heavy atom. The highest BCUT2D eigenvalue weighted by Gasteiger charge is 2.40. The number of likely N-dealkylation sites (tertiary alicyclic amines) is 1. The SMILES string of the molecule is COC1CCN(C2(CN)CCCC(C)(C)CC2)CC1. The molecule has 0 radical (unpaired) electrons. The predicted octanol–water partition coefficient (Wildman–Crippen LogP) is 2.79. The summed E-state index contributed by atoms with van der Waals surface area (Å²) in [5.41, 5.74) is 6.99. The van der Waals surface area contributed by atoms with E-state index in [1.54, 1.807) is 0 Å². The Kier molecular flexibility index (Phi) is 4.91. The third-order valence-electron chi connectivity index (χ3n) is 5.59. The minimum absolute atomic E-state index is 0.270. The summed E-state index contributed by atoms with van der Waals surface area (Å²) in [4.78, 5) is 2.68. The van der Waals surface area contributed by atoms with Gasteiger partial charge in [0.05, 0.1) is 6.10 Å². The maximum absolute atomic E-state index is 6.22. The summed E-state index contributed by atoms with van der Waals surface area (Å²) in [7, 11) is 1.84. The van der Waals surface area contributed by atoms with Gasteiger partial charge < -0.3 is 10.5 Å². The van der Waals surface area contributed by atoms with Crippen LogP contribution in [0.3, 0.4) is 0 Å². The fourth-order valence-electron chi connectivity index (χ4n) is 3.93. The molecule has 1 heterocycles. The summed E-state index contributed by atoms with van der Waals surface area (Å²) in [6.07, 6.45) is 9.35. The summed E-state index contributed by atoms with van der Waals surface area (Å²) in [6, 6.07) is 0. The van der Waals surface area contributed by atoms with Gasteiger partial charge in [-0.05, 0) is 43.9 Å². The fraction of sp³-hybridized carbons (Fsp3) is 1.00. The highest BCUT2D eigenvalue weighted by Crippen LogP contribution is 2.41. The maximum atomic E-state index is 6.22. The number of hydrogen-bond acceptors (Lipinski definition) is 3. The van der Waals surface area contributed by atoms with Crippen molar-refractivity contribution in [3.8, 4) is 0 Å². The number of nitrogens with zero attached hydrogens (tertiary/aromatic N) is 1. The average molecular weight is 268 g/mol. The smallest absolute Gasteiger partial charge is 0.0595 e. The van der Waals surface area contributed by atoms with Crippen LogP contribution < -0.4 is 5.73 Å². The van der Waals surface area contributed by atoms with E-state index in [0.717, 1.165) is 19.6 Å². The molecular formula is C16H32N2O. The Labute approximate surface area is 118 Å². The van der Waals surface area contributed by atoms with Crippen LogP contribution in [-0.2, 0) is 4.74 Å². The molecule has 1 atom stereocenters. The average Bonchev–Trinajstić information content (AvgIpc) is 2.58. The van der Waals surface area contributed by atoms with Crippen LogP contribution in [0.5, 0.6) is 0 Å². The van der Waals surface area contributed by atoms with Crippen molar-refractivity contribution in [2.45, 2.75) is 70.4 Å². The number of methoxy groups -OCH3 is 1. The van der Waals surface area contributed by atoms with Crippen molar-refractivity contribution in [3.05, 3.63) is 0 Å². The Morgan fingerprint density at radius 2 is 1.79 bits per heavy atom.